The van der Waals surface area contributed by atoms with E-state index in [1.165, 1.54) is 5.56 Å². The van der Waals surface area contributed by atoms with Crippen molar-refractivity contribution in [2.75, 3.05) is 33.9 Å². The molecule has 0 radical (unpaired) electrons. The van der Waals surface area contributed by atoms with Crippen LogP contribution in [0.5, 0.6) is 11.5 Å². The van der Waals surface area contributed by atoms with E-state index in [0.717, 1.165) is 18.4 Å². The van der Waals surface area contributed by atoms with Crippen LogP contribution in [-0.4, -0.2) is 50.6 Å². The van der Waals surface area contributed by atoms with Crippen molar-refractivity contribution in [2.24, 2.45) is 5.92 Å². The highest BCUT2D eigenvalue weighted by Gasteiger charge is 2.33. The number of nitrogens with zero attached hydrogens (tertiary/aromatic N) is 1. The van der Waals surface area contributed by atoms with E-state index in [1.807, 2.05) is 36.4 Å². The molecule has 2 aromatic carbocycles. The van der Waals surface area contributed by atoms with E-state index in [4.69, 9.17) is 9.47 Å². The minimum absolute atomic E-state index is 0.0231. The van der Waals surface area contributed by atoms with E-state index in [2.05, 4.69) is 17.4 Å². The number of rotatable bonds is 10. The smallest absolute Gasteiger partial charge is 0.225 e. The fourth-order valence-electron chi connectivity index (χ4n) is 3.76. The average Bonchev–Trinajstić information content (AvgIpc) is 3.16. The third-order valence-corrected chi connectivity index (χ3v) is 5.49. The number of carbonyl (C=O) groups is 2. The molecule has 160 valence electrons. The molecule has 30 heavy (non-hydrogen) atoms. The van der Waals surface area contributed by atoms with Crippen LogP contribution in [0.25, 0.3) is 0 Å². The van der Waals surface area contributed by atoms with Gasteiger partial charge in [0.05, 0.1) is 20.1 Å². The first-order valence-electron chi connectivity index (χ1n) is 10.4. The minimum atomic E-state index is -0.264. The number of likely N-dealkylation sites (tertiary alicyclic amines) is 1. The van der Waals surface area contributed by atoms with Gasteiger partial charge in [0.25, 0.3) is 0 Å². The van der Waals surface area contributed by atoms with Crippen LogP contribution in [-0.2, 0) is 22.4 Å². The molecule has 0 unspecified atom stereocenters. The Kier molecular flexibility index (Phi) is 7.71. The van der Waals surface area contributed by atoms with Crippen molar-refractivity contribution in [3.8, 4) is 11.5 Å². The molecule has 1 saturated heterocycles. The maximum Gasteiger partial charge on any atom is 0.225 e. The standard InChI is InChI=1S/C24H30N2O4/c1-29-21-11-10-19(15-22(21)30-2)12-14-26-17-20(16-23(26)27)24(28)25-13-6-9-18-7-4-3-5-8-18/h3-5,7-8,10-11,15,20H,6,9,12-14,16-17H2,1-2H3,(H,25,28)/t20-/m1/s1. The molecule has 1 fully saturated rings. The largest absolute Gasteiger partial charge is 0.493 e. The Hall–Kier alpha value is -3.02. The predicted octanol–water partition coefficient (Wildman–Crippen LogP) is 2.84. The molecule has 0 saturated carbocycles. The summed E-state index contributed by atoms with van der Waals surface area (Å²) in [6, 6.07) is 16.0. The summed E-state index contributed by atoms with van der Waals surface area (Å²) >= 11 is 0. The zero-order chi connectivity index (χ0) is 21.3. The number of benzene rings is 2. The van der Waals surface area contributed by atoms with Gasteiger partial charge in [0.2, 0.25) is 11.8 Å². The van der Waals surface area contributed by atoms with Gasteiger partial charge in [-0.3, -0.25) is 9.59 Å². The molecular weight excluding hydrogens is 380 g/mol. The van der Waals surface area contributed by atoms with E-state index in [9.17, 15) is 9.59 Å². The first-order chi connectivity index (χ1) is 14.6. The number of nitrogens with one attached hydrogen (secondary N) is 1. The Morgan fingerprint density at radius 1 is 1.03 bits per heavy atom. The normalized spacial score (nSPS) is 15.9. The molecule has 0 aromatic heterocycles. The van der Waals surface area contributed by atoms with Crippen LogP contribution in [0.15, 0.2) is 48.5 Å². The van der Waals surface area contributed by atoms with Crippen molar-refractivity contribution >= 4 is 11.8 Å². The number of amides is 2. The van der Waals surface area contributed by atoms with Crippen LogP contribution >= 0.6 is 0 Å². The minimum Gasteiger partial charge on any atom is -0.493 e. The summed E-state index contributed by atoms with van der Waals surface area (Å²) in [7, 11) is 3.21. The van der Waals surface area contributed by atoms with Crippen LogP contribution in [0.1, 0.15) is 24.0 Å². The monoisotopic (exact) mass is 410 g/mol. The first kappa shape index (κ1) is 21.7. The van der Waals surface area contributed by atoms with E-state index in [1.54, 1.807) is 19.1 Å². The molecule has 1 N–H and O–H groups in total. The van der Waals surface area contributed by atoms with Gasteiger partial charge >= 0.3 is 0 Å². The highest BCUT2D eigenvalue weighted by molar-refractivity contribution is 5.89. The predicted molar refractivity (Wildman–Crippen MR) is 116 cm³/mol. The molecule has 6 nitrogen and oxygen atoms in total. The van der Waals surface area contributed by atoms with Crippen LogP contribution in [0.3, 0.4) is 0 Å². The summed E-state index contributed by atoms with van der Waals surface area (Å²) in [6.45, 7) is 1.70. The molecule has 0 aliphatic carbocycles. The van der Waals surface area contributed by atoms with E-state index in [-0.39, 0.29) is 24.2 Å². The molecule has 2 amide bonds. The Balaban J connectivity index is 1.42. The van der Waals surface area contributed by atoms with Crippen LogP contribution in [0, 0.1) is 5.92 Å². The van der Waals surface area contributed by atoms with Crippen molar-refractivity contribution in [3.63, 3.8) is 0 Å². The molecular formula is C24H30N2O4. The third-order valence-electron chi connectivity index (χ3n) is 5.49. The fourth-order valence-corrected chi connectivity index (χ4v) is 3.76. The Labute approximate surface area is 178 Å². The van der Waals surface area contributed by atoms with Crippen LogP contribution in [0.4, 0.5) is 0 Å². The molecule has 3 rings (SSSR count). The van der Waals surface area contributed by atoms with E-state index in [0.29, 0.717) is 37.6 Å². The van der Waals surface area contributed by atoms with Crippen molar-refractivity contribution in [3.05, 3.63) is 59.7 Å². The first-order valence-corrected chi connectivity index (χ1v) is 10.4. The second kappa shape index (κ2) is 10.7. The van der Waals surface area contributed by atoms with Crippen molar-refractivity contribution < 1.29 is 19.1 Å². The van der Waals surface area contributed by atoms with Gasteiger partial charge in [-0.2, -0.15) is 0 Å². The number of ether oxygens (including phenoxy) is 2. The van der Waals surface area contributed by atoms with Gasteiger partial charge in [-0.15, -0.1) is 0 Å². The topological polar surface area (TPSA) is 67.9 Å². The van der Waals surface area contributed by atoms with Crippen LogP contribution in [0.2, 0.25) is 0 Å². The van der Waals surface area contributed by atoms with Gasteiger partial charge in [0.15, 0.2) is 11.5 Å². The second-order valence-electron chi connectivity index (χ2n) is 7.56. The van der Waals surface area contributed by atoms with Crippen molar-refractivity contribution in [1.82, 2.24) is 10.2 Å². The van der Waals surface area contributed by atoms with Crippen molar-refractivity contribution in [2.45, 2.75) is 25.7 Å². The number of hydrogen-bond acceptors (Lipinski definition) is 4. The van der Waals surface area contributed by atoms with Gasteiger partial charge in [-0.05, 0) is 42.5 Å². The summed E-state index contributed by atoms with van der Waals surface area (Å²) in [5, 5.41) is 2.99. The Bertz CT molecular complexity index is 854. The lowest BCUT2D eigenvalue weighted by atomic mass is 10.1. The summed E-state index contributed by atoms with van der Waals surface area (Å²) in [5.41, 5.74) is 2.33. The molecule has 0 spiro atoms. The number of methoxy groups -OCH3 is 2. The number of aryl methyl sites for hydroxylation is 1. The van der Waals surface area contributed by atoms with Gasteiger partial charge < -0.3 is 19.7 Å². The molecule has 0 bridgehead atoms. The zero-order valence-electron chi connectivity index (χ0n) is 17.7. The Morgan fingerprint density at radius 3 is 2.53 bits per heavy atom. The lowest BCUT2D eigenvalue weighted by Gasteiger charge is -2.17. The van der Waals surface area contributed by atoms with E-state index >= 15 is 0 Å². The van der Waals surface area contributed by atoms with Gasteiger partial charge in [-0.25, -0.2) is 0 Å². The van der Waals surface area contributed by atoms with Gasteiger partial charge in [0.1, 0.15) is 0 Å². The second-order valence-corrected chi connectivity index (χ2v) is 7.56. The lowest BCUT2D eigenvalue weighted by molar-refractivity contribution is -0.129. The summed E-state index contributed by atoms with van der Waals surface area (Å²) < 4.78 is 10.6. The summed E-state index contributed by atoms with van der Waals surface area (Å²) in [6.07, 6.45) is 2.82. The van der Waals surface area contributed by atoms with Crippen molar-refractivity contribution in [1.29, 1.82) is 0 Å². The van der Waals surface area contributed by atoms with Gasteiger partial charge in [0, 0.05) is 26.1 Å². The molecule has 2 aromatic rings. The number of carbonyl (C=O) groups excluding carboxylic acids is 2. The molecule has 1 aliphatic heterocycles. The maximum absolute atomic E-state index is 12.5. The van der Waals surface area contributed by atoms with E-state index < -0.39 is 0 Å². The molecule has 1 aliphatic rings. The highest BCUT2D eigenvalue weighted by Crippen LogP contribution is 2.28. The van der Waals surface area contributed by atoms with Crippen LogP contribution < -0.4 is 14.8 Å². The SMILES string of the molecule is COc1ccc(CCN2C[C@H](C(=O)NCCCc3ccccc3)CC2=O)cc1OC. The molecule has 6 heteroatoms. The fraction of sp³-hybridized carbons (Fsp3) is 0.417. The quantitative estimate of drug-likeness (QED) is 0.612. The van der Waals surface area contributed by atoms with Gasteiger partial charge in [-0.1, -0.05) is 36.4 Å². The number of hydrogen-bond donors (Lipinski definition) is 1. The zero-order valence-corrected chi connectivity index (χ0v) is 17.7. The summed E-state index contributed by atoms with van der Waals surface area (Å²) in [4.78, 5) is 26.6. The molecule has 1 atom stereocenters. The Morgan fingerprint density at radius 2 is 1.80 bits per heavy atom. The highest BCUT2D eigenvalue weighted by atomic mass is 16.5. The molecule has 1 heterocycles. The summed E-state index contributed by atoms with van der Waals surface area (Å²) in [5.74, 6) is 1.11. The third kappa shape index (κ3) is 5.75. The maximum atomic E-state index is 12.5. The average molecular weight is 411 g/mol. The lowest BCUT2D eigenvalue weighted by Crippen LogP contribution is -2.34.